The van der Waals surface area contributed by atoms with Gasteiger partial charge in [0.05, 0.1) is 20.8 Å². The van der Waals surface area contributed by atoms with Gasteiger partial charge in [-0.3, -0.25) is 0 Å². The first-order valence-corrected chi connectivity index (χ1v) is 7.61. The molecule has 120 valence electrons. The molecule has 1 aromatic rings. The van der Waals surface area contributed by atoms with Gasteiger partial charge in [0.25, 0.3) is 0 Å². The molecule has 0 bridgehead atoms. The first kappa shape index (κ1) is 17.8. The highest BCUT2D eigenvalue weighted by atomic mass is 16.5. The molecule has 0 fully saturated rings. The molecule has 1 atom stereocenters. The normalized spacial score (nSPS) is 12.2. The monoisotopic (exact) mass is 295 g/mol. The summed E-state index contributed by atoms with van der Waals surface area (Å²) in [4.78, 5) is 0. The fourth-order valence-corrected chi connectivity index (χ4v) is 2.25. The van der Waals surface area contributed by atoms with Gasteiger partial charge in [0.15, 0.2) is 0 Å². The minimum atomic E-state index is 0.687. The molecule has 0 spiro atoms. The third kappa shape index (κ3) is 6.82. The first-order valence-electron chi connectivity index (χ1n) is 7.61. The molecule has 1 aromatic carbocycles. The van der Waals surface area contributed by atoms with E-state index < -0.39 is 0 Å². The lowest BCUT2D eigenvalue weighted by molar-refractivity contribution is 0.199. The predicted molar refractivity (Wildman–Crippen MR) is 86.4 cm³/mol. The van der Waals surface area contributed by atoms with Gasteiger partial charge >= 0.3 is 0 Å². The van der Waals surface area contributed by atoms with Gasteiger partial charge in [0.1, 0.15) is 11.5 Å². The molecule has 0 heterocycles. The zero-order chi connectivity index (χ0) is 15.5. The molecular weight excluding hydrogens is 266 g/mol. The van der Waals surface area contributed by atoms with Gasteiger partial charge in [-0.05, 0) is 43.4 Å². The molecule has 1 rings (SSSR count). The highest BCUT2D eigenvalue weighted by Gasteiger charge is 2.08. The number of hydrogen-bond donors (Lipinski definition) is 1. The SMILES string of the molecule is COCCNCCC(C)CCc1ccc(OC)cc1OC. The van der Waals surface area contributed by atoms with E-state index in [1.54, 1.807) is 21.3 Å². The zero-order valence-corrected chi connectivity index (χ0v) is 13.8. The maximum atomic E-state index is 5.44. The minimum Gasteiger partial charge on any atom is -0.497 e. The largest absolute Gasteiger partial charge is 0.497 e. The summed E-state index contributed by atoms with van der Waals surface area (Å²) in [5, 5.41) is 3.39. The van der Waals surface area contributed by atoms with Crippen molar-refractivity contribution >= 4 is 0 Å². The molecule has 1 N–H and O–H groups in total. The van der Waals surface area contributed by atoms with E-state index in [0.717, 1.165) is 44.0 Å². The Balaban J connectivity index is 2.33. The van der Waals surface area contributed by atoms with Crippen LogP contribution in [0, 0.1) is 5.92 Å². The van der Waals surface area contributed by atoms with E-state index in [-0.39, 0.29) is 0 Å². The minimum absolute atomic E-state index is 0.687. The summed E-state index contributed by atoms with van der Waals surface area (Å²) >= 11 is 0. The number of aryl methyl sites for hydroxylation is 1. The van der Waals surface area contributed by atoms with E-state index in [2.05, 4.69) is 18.3 Å². The zero-order valence-electron chi connectivity index (χ0n) is 13.8. The molecule has 0 aliphatic heterocycles. The van der Waals surface area contributed by atoms with Crippen molar-refractivity contribution in [1.29, 1.82) is 0 Å². The number of nitrogens with one attached hydrogen (secondary N) is 1. The second kappa shape index (κ2) is 10.5. The van der Waals surface area contributed by atoms with Gasteiger partial charge in [-0.25, -0.2) is 0 Å². The van der Waals surface area contributed by atoms with Crippen LogP contribution < -0.4 is 14.8 Å². The quantitative estimate of drug-likeness (QED) is 0.637. The topological polar surface area (TPSA) is 39.7 Å². The van der Waals surface area contributed by atoms with Crippen LogP contribution in [0.1, 0.15) is 25.3 Å². The second-order valence-corrected chi connectivity index (χ2v) is 5.35. The van der Waals surface area contributed by atoms with Crippen molar-refractivity contribution in [2.45, 2.75) is 26.2 Å². The second-order valence-electron chi connectivity index (χ2n) is 5.35. The Kier molecular flexibility index (Phi) is 8.87. The molecule has 0 saturated heterocycles. The van der Waals surface area contributed by atoms with Gasteiger partial charge in [-0.1, -0.05) is 13.0 Å². The molecule has 0 aromatic heterocycles. The Bertz CT molecular complexity index is 396. The van der Waals surface area contributed by atoms with Gasteiger partial charge in [0, 0.05) is 19.7 Å². The summed E-state index contributed by atoms with van der Waals surface area (Å²) in [6.45, 7) is 5.05. The standard InChI is InChI=1S/C17H29NO3/c1-14(9-10-18-11-12-19-2)5-6-15-7-8-16(20-3)13-17(15)21-4/h7-8,13-14,18H,5-6,9-12H2,1-4H3. The van der Waals surface area contributed by atoms with Crippen molar-refractivity contribution < 1.29 is 14.2 Å². The predicted octanol–water partition coefficient (Wildman–Crippen LogP) is 2.90. The summed E-state index contributed by atoms with van der Waals surface area (Å²) in [5.74, 6) is 2.44. The summed E-state index contributed by atoms with van der Waals surface area (Å²) in [6.07, 6.45) is 3.38. The molecule has 4 nitrogen and oxygen atoms in total. The lowest BCUT2D eigenvalue weighted by Crippen LogP contribution is -2.21. The van der Waals surface area contributed by atoms with Crippen LogP contribution in [-0.2, 0) is 11.2 Å². The fourth-order valence-electron chi connectivity index (χ4n) is 2.25. The summed E-state index contributed by atoms with van der Waals surface area (Å²) in [7, 11) is 5.11. The molecule has 0 saturated carbocycles. The lowest BCUT2D eigenvalue weighted by atomic mass is 9.97. The molecule has 4 heteroatoms. The van der Waals surface area contributed by atoms with Crippen LogP contribution in [-0.4, -0.2) is 41.0 Å². The maximum absolute atomic E-state index is 5.44. The molecule has 1 unspecified atom stereocenters. The van der Waals surface area contributed by atoms with E-state index >= 15 is 0 Å². The Morgan fingerprint density at radius 1 is 1.05 bits per heavy atom. The van der Waals surface area contributed by atoms with Gasteiger partial charge < -0.3 is 19.5 Å². The van der Waals surface area contributed by atoms with Crippen LogP contribution in [0.4, 0.5) is 0 Å². The van der Waals surface area contributed by atoms with Crippen molar-refractivity contribution in [3.8, 4) is 11.5 Å². The fraction of sp³-hybridized carbons (Fsp3) is 0.647. The number of rotatable bonds is 11. The van der Waals surface area contributed by atoms with Crippen molar-refractivity contribution in [1.82, 2.24) is 5.32 Å². The highest BCUT2D eigenvalue weighted by molar-refractivity contribution is 5.40. The Morgan fingerprint density at radius 2 is 1.86 bits per heavy atom. The molecule has 0 radical (unpaired) electrons. The van der Waals surface area contributed by atoms with E-state index in [1.165, 1.54) is 12.0 Å². The van der Waals surface area contributed by atoms with Crippen molar-refractivity contribution in [3.63, 3.8) is 0 Å². The van der Waals surface area contributed by atoms with Crippen LogP contribution in [0.2, 0.25) is 0 Å². The van der Waals surface area contributed by atoms with Gasteiger partial charge in [0.2, 0.25) is 0 Å². The van der Waals surface area contributed by atoms with Crippen LogP contribution in [0.5, 0.6) is 11.5 Å². The van der Waals surface area contributed by atoms with Crippen molar-refractivity contribution in [3.05, 3.63) is 23.8 Å². The maximum Gasteiger partial charge on any atom is 0.125 e. The first-order chi connectivity index (χ1) is 10.2. The molecule has 21 heavy (non-hydrogen) atoms. The summed E-state index contributed by atoms with van der Waals surface area (Å²) in [5.41, 5.74) is 1.25. The molecule has 0 aliphatic carbocycles. The smallest absolute Gasteiger partial charge is 0.125 e. The molecular formula is C17H29NO3. The van der Waals surface area contributed by atoms with Crippen molar-refractivity contribution in [2.75, 3.05) is 41.0 Å². The third-order valence-electron chi connectivity index (χ3n) is 3.70. The van der Waals surface area contributed by atoms with E-state index in [9.17, 15) is 0 Å². The van der Waals surface area contributed by atoms with E-state index in [0.29, 0.717) is 5.92 Å². The highest BCUT2D eigenvalue weighted by Crippen LogP contribution is 2.26. The van der Waals surface area contributed by atoms with Crippen LogP contribution in [0.3, 0.4) is 0 Å². The summed E-state index contributed by atoms with van der Waals surface area (Å²) < 4.78 is 15.7. The van der Waals surface area contributed by atoms with Crippen LogP contribution in [0.15, 0.2) is 18.2 Å². The Morgan fingerprint density at radius 3 is 2.52 bits per heavy atom. The van der Waals surface area contributed by atoms with Crippen LogP contribution >= 0.6 is 0 Å². The molecule has 0 aliphatic rings. The van der Waals surface area contributed by atoms with E-state index in [4.69, 9.17) is 14.2 Å². The number of benzene rings is 1. The van der Waals surface area contributed by atoms with Gasteiger partial charge in [-0.2, -0.15) is 0 Å². The Labute approximate surface area is 128 Å². The average molecular weight is 295 g/mol. The van der Waals surface area contributed by atoms with Crippen LogP contribution in [0.25, 0.3) is 0 Å². The molecule has 0 amide bonds. The third-order valence-corrected chi connectivity index (χ3v) is 3.70. The van der Waals surface area contributed by atoms with E-state index in [1.807, 2.05) is 12.1 Å². The average Bonchev–Trinajstić information content (AvgIpc) is 2.52. The Hall–Kier alpha value is -1.26. The number of ether oxygens (including phenoxy) is 3. The van der Waals surface area contributed by atoms with Crippen molar-refractivity contribution in [2.24, 2.45) is 5.92 Å². The van der Waals surface area contributed by atoms with Gasteiger partial charge in [-0.15, -0.1) is 0 Å². The lowest BCUT2D eigenvalue weighted by Gasteiger charge is -2.14. The summed E-state index contributed by atoms with van der Waals surface area (Å²) in [6, 6.07) is 6.04. The number of hydrogen-bond acceptors (Lipinski definition) is 4. The number of methoxy groups -OCH3 is 3.